The van der Waals surface area contributed by atoms with Gasteiger partial charge >= 0.3 is 12.4 Å². The first kappa shape index (κ1) is 28.5. The summed E-state index contributed by atoms with van der Waals surface area (Å²) in [6.07, 6.45) is -9.19. The summed E-state index contributed by atoms with van der Waals surface area (Å²) in [6, 6.07) is 3.18. The highest BCUT2D eigenvalue weighted by Crippen LogP contribution is 2.32. The monoisotopic (exact) mass is 566 g/mol. The predicted octanol–water partition coefficient (Wildman–Crippen LogP) is 4.97. The molecule has 37 heavy (non-hydrogen) atoms. The molecule has 0 bridgehead atoms. The molecule has 0 fully saturated rings. The molecule has 2 unspecified atom stereocenters. The zero-order valence-corrected chi connectivity index (χ0v) is 20.4. The van der Waals surface area contributed by atoms with Crippen LogP contribution in [0.3, 0.4) is 0 Å². The minimum Gasteiger partial charge on any atom is -0.384 e. The zero-order chi connectivity index (χ0) is 27.2. The number of hydrogen-bond donors (Lipinski definition) is 3. The normalized spacial score (nSPS) is 13.7. The zero-order valence-electron chi connectivity index (χ0n) is 18.8. The van der Waals surface area contributed by atoms with E-state index in [4.69, 9.17) is 0 Å². The SMILES string of the molecule is O=C(CNC(=O)c1cnc(-c2ccc(C(F)(F)F)cc2)s1)NC(CCCC(F)(F)F)C(O)c1nccs1. The first-order chi connectivity index (χ1) is 17.3. The largest absolute Gasteiger partial charge is 0.416 e. The summed E-state index contributed by atoms with van der Waals surface area (Å²) in [4.78, 5) is 32.8. The second-order valence-corrected chi connectivity index (χ2v) is 9.74. The molecule has 7 nitrogen and oxygen atoms in total. The molecule has 1 aromatic carbocycles. The molecule has 0 saturated carbocycles. The number of carbonyl (C=O) groups is 2. The van der Waals surface area contributed by atoms with Crippen LogP contribution in [0.1, 0.15) is 45.6 Å². The van der Waals surface area contributed by atoms with Crippen molar-refractivity contribution in [2.45, 2.75) is 43.8 Å². The Kier molecular flexibility index (Phi) is 9.26. The average Bonchev–Trinajstić information content (AvgIpc) is 3.53. The van der Waals surface area contributed by atoms with Crippen LogP contribution in [0.5, 0.6) is 0 Å². The number of benzene rings is 1. The van der Waals surface area contributed by atoms with Gasteiger partial charge in [0, 0.05) is 23.6 Å². The van der Waals surface area contributed by atoms with E-state index in [1.165, 1.54) is 24.5 Å². The van der Waals surface area contributed by atoms with Crippen molar-refractivity contribution in [2.24, 2.45) is 0 Å². The third kappa shape index (κ3) is 8.50. The number of alkyl halides is 6. The van der Waals surface area contributed by atoms with Crippen molar-refractivity contribution in [1.82, 2.24) is 20.6 Å². The van der Waals surface area contributed by atoms with Crippen molar-refractivity contribution in [2.75, 3.05) is 6.54 Å². The third-order valence-electron chi connectivity index (χ3n) is 5.01. The van der Waals surface area contributed by atoms with Gasteiger partial charge in [-0.3, -0.25) is 9.59 Å². The third-order valence-corrected chi connectivity index (χ3v) is 6.90. The molecule has 2 aromatic heterocycles. The number of amides is 2. The molecule has 3 N–H and O–H groups in total. The van der Waals surface area contributed by atoms with Gasteiger partial charge < -0.3 is 15.7 Å². The van der Waals surface area contributed by atoms with Crippen LogP contribution in [-0.2, 0) is 11.0 Å². The lowest BCUT2D eigenvalue weighted by Crippen LogP contribution is -2.44. The molecule has 3 rings (SSSR count). The fourth-order valence-corrected chi connectivity index (χ4v) is 4.73. The van der Waals surface area contributed by atoms with Crippen molar-refractivity contribution >= 4 is 34.5 Å². The maximum absolute atomic E-state index is 12.7. The second-order valence-electron chi connectivity index (χ2n) is 7.78. The Bertz CT molecular complexity index is 1180. The summed E-state index contributed by atoms with van der Waals surface area (Å²) in [5.74, 6) is -1.42. The number of thiazole rings is 2. The second kappa shape index (κ2) is 12.0. The van der Waals surface area contributed by atoms with Gasteiger partial charge in [-0.15, -0.1) is 22.7 Å². The molecule has 2 heterocycles. The van der Waals surface area contributed by atoms with Gasteiger partial charge in [-0.05, 0) is 25.0 Å². The molecule has 0 saturated heterocycles. The Morgan fingerprint density at radius 2 is 1.76 bits per heavy atom. The Morgan fingerprint density at radius 1 is 1.05 bits per heavy atom. The number of hydrogen-bond acceptors (Lipinski definition) is 7. The Balaban J connectivity index is 1.57. The molecular formula is C22H20F6N4O3S2. The van der Waals surface area contributed by atoms with Crippen molar-refractivity contribution in [1.29, 1.82) is 0 Å². The molecule has 3 aromatic rings. The van der Waals surface area contributed by atoms with Crippen molar-refractivity contribution in [3.05, 3.63) is 57.5 Å². The fourth-order valence-electron chi connectivity index (χ4n) is 3.20. The lowest BCUT2D eigenvalue weighted by Gasteiger charge is -2.23. The van der Waals surface area contributed by atoms with Gasteiger partial charge in [0.05, 0.1) is 24.3 Å². The number of rotatable bonds is 10. The van der Waals surface area contributed by atoms with Gasteiger partial charge in [0.25, 0.3) is 5.91 Å². The topological polar surface area (TPSA) is 104 Å². The van der Waals surface area contributed by atoms with E-state index in [1.807, 2.05) is 0 Å². The summed E-state index contributed by atoms with van der Waals surface area (Å²) in [6.45, 7) is -0.535. The first-order valence-electron chi connectivity index (χ1n) is 10.7. The molecule has 0 radical (unpaired) electrons. The maximum Gasteiger partial charge on any atom is 0.416 e. The highest BCUT2D eigenvalue weighted by Gasteiger charge is 2.31. The minimum absolute atomic E-state index is 0.0900. The number of halogens is 6. The standard InChI is InChI=1S/C22H20F6N4O3S2/c23-21(24,25)7-1-2-14(17(34)20-29-8-9-36-20)32-16(33)11-30-18(35)15-10-31-19(37-15)12-3-5-13(6-4-12)22(26,27)28/h3-6,8-10,14,17,34H,1-2,7,11H2,(H,30,35)(H,32,33). The van der Waals surface area contributed by atoms with Crippen LogP contribution in [0.4, 0.5) is 26.3 Å². The van der Waals surface area contributed by atoms with E-state index >= 15 is 0 Å². The van der Waals surface area contributed by atoms with Crippen LogP contribution in [0, 0.1) is 0 Å². The van der Waals surface area contributed by atoms with Crippen LogP contribution < -0.4 is 10.6 Å². The van der Waals surface area contributed by atoms with Crippen molar-refractivity contribution < 1.29 is 41.0 Å². The molecule has 0 aliphatic carbocycles. The Morgan fingerprint density at radius 3 is 2.35 bits per heavy atom. The summed E-state index contributed by atoms with van der Waals surface area (Å²) in [5, 5.41) is 17.3. The number of nitrogens with zero attached hydrogens (tertiary/aromatic N) is 2. The fraction of sp³-hybridized carbons (Fsp3) is 0.364. The summed E-state index contributed by atoms with van der Waals surface area (Å²) < 4.78 is 75.8. The lowest BCUT2D eigenvalue weighted by atomic mass is 10.0. The van der Waals surface area contributed by atoms with Gasteiger partial charge in [0.2, 0.25) is 5.91 Å². The van der Waals surface area contributed by atoms with Gasteiger partial charge in [-0.2, -0.15) is 26.3 Å². The number of aromatic nitrogens is 2. The Hall–Kier alpha value is -3.04. The molecule has 0 aliphatic heterocycles. The van der Waals surface area contributed by atoms with E-state index < -0.39 is 54.8 Å². The predicted molar refractivity (Wildman–Crippen MR) is 124 cm³/mol. The van der Waals surface area contributed by atoms with Gasteiger partial charge in [0.15, 0.2) is 0 Å². The molecule has 2 atom stereocenters. The molecule has 0 aliphatic rings. The number of carbonyl (C=O) groups excluding carboxylic acids is 2. The van der Waals surface area contributed by atoms with Crippen LogP contribution >= 0.6 is 22.7 Å². The number of nitrogens with one attached hydrogen (secondary N) is 2. The molecule has 200 valence electrons. The van der Waals surface area contributed by atoms with Gasteiger partial charge in [0.1, 0.15) is 21.0 Å². The van der Waals surface area contributed by atoms with E-state index in [1.54, 1.807) is 5.38 Å². The van der Waals surface area contributed by atoms with E-state index in [0.717, 1.165) is 34.8 Å². The first-order valence-corrected chi connectivity index (χ1v) is 12.4. The van der Waals surface area contributed by atoms with Crippen LogP contribution in [-0.4, -0.2) is 45.7 Å². The minimum atomic E-state index is -4.49. The maximum atomic E-state index is 12.7. The number of aliphatic hydroxyl groups excluding tert-OH is 1. The highest BCUT2D eigenvalue weighted by molar-refractivity contribution is 7.16. The molecule has 15 heteroatoms. The van der Waals surface area contributed by atoms with E-state index in [2.05, 4.69) is 20.6 Å². The van der Waals surface area contributed by atoms with E-state index in [9.17, 15) is 41.0 Å². The number of aliphatic hydroxyl groups is 1. The average molecular weight is 567 g/mol. The Labute approximate surface area is 214 Å². The van der Waals surface area contributed by atoms with Crippen molar-refractivity contribution in [3.8, 4) is 10.6 Å². The molecule has 0 spiro atoms. The van der Waals surface area contributed by atoms with Crippen molar-refractivity contribution in [3.63, 3.8) is 0 Å². The molecular weight excluding hydrogens is 546 g/mol. The van der Waals surface area contributed by atoms with Gasteiger partial charge in [-0.25, -0.2) is 9.97 Å². The van der Waals surface area contributed by atoms with E-state index in [-0.39, 0.29) is 22.7 Å². The summed E-state index contributed by atoms with van der Waals surface area (Å²) in [5.41, 5.74) is -0.457. The summed E-state index contributed by atoms with van der Waals surface area (Å²) >= 11 is 1.98. The van der Waals surface area contributed by atoms with E-state index in [0.29, 0.717) is 10.6 Å². The smallest absolute Gasteiger partial charge is 0.384 e. The van der Waals surface area contributed by atoms with Crippen LogP contribution in [0.2, 0.25) is 0 Å². The van der Waals surface area contributed by atoms with Gasteiger partial charge in [-0.1, -0.05) is 12.1 Å². The quantitative estimate of drug-likeness (QED) is 0.301. The highest BCUT2D eigenvalue weighted by atomic mass is 32.1. The lowest BCUT2D eigenvalue weighted by molar-refractivity contribution is -0.138. The summed E-state index contributed by atoms with van der Waals surface area (Å²) in [7, 11) is 0. The van der Waals surface area contributed by atoms with Crippen LogP contribution in [0.15, 0.2) is 42.0 Å². The molecule has 2 amide bonds. The van der Waals surface area contributed by atoms with Crippen LogP contribution in [0.25, 0.3) is 10.6 Å².